The van der Waals surface area contributed by atoms with Crippen LogP contribution < -0.4 is 25.3 Å². The summed E-state index contributed by atoms with van der Waals surface area (Å²) < 4.78 is 61.0. The van der Waals surface area contributed by atoms with Gasteiger partial charge in [0.15, 0.2) is 34.8 Å². The monoisotopic (exact) mass is 649 g/mol. The van der Waals surface area contributed by atoms with Crippen LogP contribution in [0.15, 0.2) is 71.7 Å². The number of hydrogen-bond acceptors (Lipinski definition) is 7. The molecule has 3 aromatic carbocycles. The normalized spacial score (nSPS) is 11.8. The van der Waals surface area contributed by atoms with Gasteiger partial charge in [-0.3, -0.25) is 14.9 Å². The Kier molecular flexibility index (Phi) is 14.5. The average molecular weight is 650 g/mol. The number of ether oxygens (including phenoxy) is 3. The molecule has 0 saturated carbocycles. The fourth-order valence-corrected chi connectivity index (χ4v) is 4.10. The molecule has 1 amide bonds. The van der Waals surface area contributed by atoms with Gasteiger partial charge < -0.3 is 25.1 Å². The maximum Gasteiger partial charge on any atom is 0.490 e. The number of carboxylic acids is 1. The van der Waals surface area contributed by atoms with Gasteiger partial charge in [0, 0.05) is 6.42 Å². The number of amides is 1. The zero-order valence-electron chi connectivity index (χ0n) is 25.4. The van der Waals surface area contributed by atoms with Crippen LogP contribution in [0.4, 0.5) is 17.6 Å². The van der Waals surface area contributed by atoms with Crippen molar-refractivity contribution < 1.29 is 51.3 Å². The van der Waals surface area contributed by atoms with Crippen LogP contribution in [-0.2, 0) is 33.6 Å². The van der Waals surface area contributed by atoms with Gasteiger partial charge in [0.1, 0.15) is 6.04 Å². The zero-order valence-corrected chi connectivity index (χ0v) is 25.4. The Bertz CT molecular complexity index is 1500. The largest absolute Gasteiger partial charge is 0.494 e. The lowest BCUT2D eigenvalue weighted by Gasteiger charge is -2.14. The van der Waals surface area contributed by atoms with Gasteiger partial charge in [-0.1, -0.05) is 42.5 Å². The average Bonchev–Trinajstić information content (AvgIpc) is 3.02. The van der Waals surface area contributed by atoms with Crippen molar-refractivity contribution in [2.75, 3.05) is 21.3 Å². The summed E-state index contributed by atoms with van der Waals surface area (Å²) in [5.74, 6) is -2.67. The van der Waals surface area contributed by atoms with Gasteiger partial charge in [0.2, 0.25) is 5.91 Å². The van der Waals surface area contributed by atoms with Crippen molar-refractivity contribution in [1.29, 1.82) is 0 Å². The summed E-state index contributed by atoms with van der Waals surface area (Å²) in [6.07, 6.45) is -3.46. The zero-order chi connectivity index (χ0) is 34.3. The lowest BCUT2D eigenvalue weighted by Crippen LogP contribution is -2.39. The summed E-state index contributed by atoms with van der Waals surface area (Å²) in [6.45, 7) is 0. The van der Waals surface area contributed by atoms with Gasteiger partial charge in [0.05, 0.1) is 27.8 Å². The van der Waals surface area contributed by atoms with Crippen molar-refractivity contribution in [1.82, 2.24) is 5.32 Å². The van der Waals surface area contributed by atoms with Crippen molar-refractivity contribution >= 4 is 23.6 Å². The minimum atomic E-state index is -5.08. The molecule has 1 atom stereocenters. The lowest BCUT2D eigenvalue weighted by atomic mass is 9.98. The summed E-state index contributed by atoms with van der Waals surface area (Å²) in [5, 5.41) is 9.70. The second-order valence-corrected chi connectivity index (χ2v) is 9.71. The molecule has 0 spiro atoms. The number of carbonyl (C=O) groups excluding carboxylic acids is 2. The molecule has 0 heterocycles. The number of guanidine groups is 1. The molecule has 46 heavy (non-hydrogen) atoms. The van der Waals surface area contributed by atoms with Crippen LogP contribution in [0.5, 0.6) is 17.2 Å². The number of carboxylic acid groups (broad SMARTS) is 1. The van der Waals surface area contributed by atoms with Crippen molar-refractivity contribution in [2.24, 2.45) is 10.7 Å². The Morgan fingerprint density at radius 3 is 2.02 bits per heavy atom. The highest BCUT2D eigenvalue weighted by atomic mass is 19.4. The van der Waals surface area contributed by atoms with Crippen molar-refractivity contribution in [3.63, 3.8) is 0 Å². The highest BCUT2D eigenvalue weighted by Crippen LogP contribution is 2.27. The number of methoxy groups -OCH3 is 3. The molecule has 4 N–H and O–H groups in total. The number of nitrogens with two attached hydrogens (primary N) is 1. The predicted octanol–water partition coefficient (Wildman–Crippen LogP) is 4.66. The molecule has 0 saturated heterocycles. The Hall–Kier alpha value is -5.14. The number of carbonyl (C=O) groups is 3. The molecular weight excluding hydrogens is 614 g/mol. The van der Waals surface area contributed by atoms with Crippen LogP contribution in [0, 0.1) is 5.82 Å². The van der Waals surface area contributed by atoms with Crippen LogP contribution in [0.25, 0.3) is 0 Å². The van der Waals surface area contributed by atoms with E-state index in [0.29, 0.717) is 36.3 Å². The smallest absolute Gasteiger partial charge is 0.490 e. The van der Waals surface area contributed by atoms with Gasteiger partial charge in [-0.15, -0.1) is 0 Å². The highest BCUT2D eigenvalue weighted by Gasteiger charge is 2.38. The molecular formula is C32H35F4N3O7. The van der Waals surface area contributed by atoms with E-state index in [9.17, 15) is 27.2 Å². The number of hydrogen-bond donors (Lipinski definition) is 3. The first-order chi connectivity index (χ1) is 21.8. The second-order valence-electron chi connectivity index (χ2n) is 9.71. The van der Waals surface area contributed by atoms with E-state index in [-0.39, 0.29) is 36.2 Å². The van der Waals surface area contributed by atoms with Gasteiger partial charge in [0.25, 0.3) is 0 Å². The molecule has 0 bridgehead atoms. The molecule has 14 heteroatoms. The molecule has 0 aromatic heterocycles. The van der Waals surface area contributed by atoms with Crippen LogP contribution in [-0.4, -0.2) is 62.3 Å². The molecule has 0 fully saturated rings. The van der Waals surface area contributed by atoms with Crippen LogP contribution >= 0.6 is 0 Å². The molecule has 0 radical (unpaired) electrons. The quantitative estimate of drug-likeness (QED) is 0.138. The van der Waals surface area contributed by atoms with Crippen LogP contribution in [0.3, 0.4) is 0 Å². The van der Waals surface area contributed by atoms with E-state index in [4.69, 9.17) is 29.8 Å². The third-order valence-electron chi connectivity index (χ3n) is 6.41. The summed E-state index contributed by atoms with van der Waals surface area (Å²) in [4.78, 5) is 39.1. The number of alkyl halides is 3. The molecule has 0 aliphatic heterocycles. The van der Waals surface area contributed by atoms with Gasteiger partial charge >= 0.3 is 12.1 Å². The van der Waals surface area contributed by atoms with Crippen molar-refractivity contribution in [2.45, 2.75) is 44.3 Å². The molecule has 248 valence electrons. The minimum Gasteiger partial charge on any atom is -0.494 e. The number of aliphatic imine (C=N–C) groups is 1. The topological polar surface area (TPSA) is 150 Å². The number of aryl methyl sites for hydroxylation is 2. The van der Waals surface area contributed by atoms with E-state index in [2.05, 4.69) is 10.3 Å². The number of ketones is 1. The summed E-state index contributed by atoms with van der Waals surface area (Å²) >= 11 is 0. The fourth-order valence-electron chi connectivity index (χ4n) is 4.10. The molecule has 0 aliphatic carbocycles. The SMILES string of the molecule is COc1cc(CCC(=O)[C@@H](CCc2ccccc2)N=C(N)NC(=O)Cc2ccc(OC)c(OC)c2)ccc1F.O=C(O)C(F)(F)F. The molecule has 0 unspecified atom stereocenters. The van der Waals surface area contributed by atoms with Crippen LogP contribution in [0.2, 0.25) is 0 Å². The van der Waals surface area contributed by atoms with Gasteiger partial charge in [-0.25, -0.2) is 14.2 Å². The maximum absolute atomic E-state index is 13.7. The summed E-state index contributed by atoms with van der Waals surface area (Å²) in [5.41, 5.74) is 8.59. The minimum absolute atomic E-state index is 0.0333. The number of aliphatic carboxylic acids is 1. The summed E-state index contributed by atoms with van der Waals surface area (Å²) in [6, 6.07) is 18.7. The maximum atomic E-state index is 13.7. The van der Waals surface area contributed by atoms with E-state index in [1.807, 2.05) is 30.3 Å². The van der Waals surface area contributed by atoms with Crippen molar-refractivity contribution in [3.8, 4) is 17.2 Å². The van der Waals surface area contributed by atoms with E-state index < -0.39 is 24.0 Å². The molecule has 3 aromatic rings. The van der Waals surface area contributed by atoms with E-state index >= 15 is 0 Å². The highest BCUT2D eigenvalue weighted by molar-refractivity contribution is 5.98. The van der Waals surface area contributed by atoms with Crippen molar-refractivity contribution in [3.05, 3.63) is 89.2 Å². The number of Topliss-reactive ketones (excluding diaryl/α,β-unsaturated/α-hetero) is 1. The van der Waals surface area contributed by atoms with Gasteiger partial charge in [-0.05, 0) is 60.2 Å². The first-order valence-electron chi connectivity index (χ1n) is 13.8. The Morgan fingerprint density at radius 1 is 0.848 bits per heavy atom. The summed E-state index contributed by atoms with van der Waals surface area (Å²) in [7, 11) is 4.45. The third-order valence-corrected chi connectivity index (χ3v) is 6.41. The molecule has 10 nitrogen and oxygen atoms in total. The standard InChI is InChI=1S/C30H34FN3O5.C2HF3O2/c1-37-26-16-12-22(18-28(26)39-3)19-29(36)34-30(32)33-24(14-10-20-7-5-4-6-8-20)25(35)15-11-21-9-13-23(31)27(17-21)38-2;3-2(4,5)1(6)7/h4-9,12-13,16-18,24H,10-11,14-15,19H2,1-3H3,(H3,32,33,34,36);(H,6,7)/t24-;/m1./s1. The third kappa shape index (κ3) is 12.5. The molecule has 3 rings (SSSR count). The number of rotatable bonds is 13. The Labute approximate surface area is 263 Å². The van der Waals surface area contributed by atoms with E-state index in [0.717, 1.165) is 11.1 Å². The Morgan fingerprint density at radius 2 is 1.43 bits per heavy atom. The van der Waals surface area contributed by atoms with Gasteiger partial charge in [-0.2, -0.15) is 13.2 Å². The second kappa shape index (κ2) is 18.0. The molecule has 0 aliphatic rings. The number of benzene rings is 3. The fraction of sp³-hybridized carbons (Fsp3) is 0.312. The Balaban J connectivity index is 0.000000942. The van der Waals surface area contributed by atoms with E-state index in [1.165, 1.54) is 27.4 Å². The number of halogens is 4. The first kappa shape index (κ1) is 37.0. The first-order valence-corrected chi connectivity index (χ1v) is 13.8. The number of nitrogens with one attached hydrogen (secondary N) is 1. The predicted molar refractivity (Wildman–Crippen MR) is 162 cm³/mol. The lowest BCUT2D eigenvalue weighted by molar-refractivity contribution is -0.192. The number of nitrogens with zero attached hydrogens (tertiary/aromatic N) is 1. The van der Waals surface area contributed by atoms with E-state index in [1.54, 1.807) is 30.3 Å². The van der Waals surface area contributed by atoms with Crippen LogP contribution in [0.1, 0.15) is 29.5 Å².